The van der Waals surface area contributed by atoms with E-state index >= 15 is 0 Å². The first-order valence-corrected chi connectivity index (χ1v) is 6.15. The largest absolute Gasteiger partial charge is 0.388 e. The summed E-state index contributed by atoms with van der Waals surface area (Å²) in [5.74, 6) is 0.104. The van der Waals surface area contributed by atoms with Crippen molar-refractivity contribution in [2.45, 2.75) is 31.3 Å². The highest BCUT2D eigenvalue weighted by atomic mass is 35.5. The molecule has 0 aliphatic heterocycles. The van der Waals surface area contributed by atoms with Gasteiger partial charge in [0, 0.05) is 12.6 Å². The molecule has 7 heteroatoms. The Morgan fingerprint density at radius 3 is 2.78 bits per heavy atom. The molecule has 1 aliphatic rings. The van der Waals surface area contributed by atoms with Crippen molar-refractivity contribution >= 4 is 23.1 Å². The van der Waals surface area contributed by atoms with Crippen LogP contribution in [-0.4, -0.2) is 27.2 Å². The van der Waals surface area contributed by atoms with Crippen molar-refractivity contribution < 1.29 is 10.0 Å². The van der Waals surface area contributed by atoms with Gasteiger partial charge in [0.05, 0.1) is 10.5 Å². The summed E-state index contributed by atoms with van der Waals surface area (Å²) in [6.07, 6.45) is 3.36. The average Bonchev–Trinajstić information content (AvgIpc) is 2.74. The van der Waals surface area contributed by atoms with Crippen LogP contribution in [0, 0.1) is 10.1 Å². The van der Waals surface area contributed by atoms with Gasteiger partial charge in [-0.05, 0) is 18.9 Å². The Kier molecular flexibility index (Phi) is 3.68. The zero-order valence-electron chi connectivity index (χ0n) is 9.73. The second-order valence-corrected chi connectivity index (χ2v) is 4.93. The molecule has 1 heterocycles. The van der Waals surface area contributed by atoms with Gasteiger partial charge in [-0.1, -0.05) is 24.4 Å². The fourth-order valence-corrected chi connectivity index (χ4v) is 2.31. The number of nitro groups is 1. The van der Waals surface area contributed by atoms with E-state index in [1.54, 1.807) is 0 Å². The van der Waals surface area contributed by atoms with Crippen LogP contribution in [0.5, 0.6) is 0 Å². The van der Waals surface area contributed by atoms with Gasteiger partial charge in [0.15, 0.2) is 0 Å². The van der Waals surface area contributed by atoms with Crippen LogP contribution >= 0.6 is 11.6 Å². The number of aliphatic hydroxyl groups is 1. The molecule has 1 aliphatic carbocycles. The SMILES string of the molecule is O=[N+]([O-])c1ccc(Cl)nc1NCC1(O)CCCC1. The molecule has 1 saturated carbocycles. The molecule has 0 aromatic carbocycles. The zero-order valence-corrected chi connectivity index (χ0v) is 10.5. The lowest BCUT2D eigenvalue weighted by molar-refractivity contribution is -0.384. The second kappa shape index (κ2) is 5.07. The van der Waals surface area contributed by atoms with Crippen molar-refractivity contribution in [3.8, 4) is 0 Å². The Morgan fingerprint density at radius 1 is 1.50 bits per heavy atom. The van der Waals surface area contributed by atoms with Crippen LogP contribution in [0.15, 0.2) is 12.1 Å². The lowest BCUT2D eigenvalue weighted by Gasteiger charge is -2.22. The average molecular weight is 272 g/mol. The molecule has 1 aromatic heterocycles. The van der Waals surface area contributed by atoms with Crippen molar-refractivity contribution in [1.82, 2.24) is 4.98 Å². The lowest BCUT2D eigenvalue weighted by atomic mass is 10.0. The predicted molar refractivity (Wildman–Crippen MR) is 67.8 cm³/mol. The lowest BCUT2D eigenvalue weighted by Crippen LogP contribution is -2.33. The van der Waals surface area contributed by atoms with Gasteiger partial charge in [-0.25, -0.2) is 4.98 Å². The molecule has 0 spiro atoms. The summed E-state index contributed by atoms with van der Waals surface area (Å²) in [5, 5.41) is 24.0. The second-order valence-electron chi connectivity index (χ2n) is 4.54. The zero-order chi connectivity index (χ0) is 13.2. The van der Waals surface area contributed by atoms with Crippen LogP contribution in [0.2, 0.25) is 5.15 Å². The first-order valence-electron chi connectivity index (χ1n) is 5.77. The van der Waals surface area contributed by atoms with Gasteiger partial charge in [0.25, 0.3) is 0 Å². The molecule has 1 aromatic rings. The fraction of sp³-hybridized carbons (Fsp3) is 0.545. The minimum atomic E-state index is -0.794. The number of hydrogen-bond acceptors (Lipinski definition) is 5. The number of halogens is 1. The van der Waals surface area contributed by atoms with Crippen LogP contribution < -0.4 is 5.32 Å². The molecule has 0 unspecified atom stereocenters. The van der Waals surface area contributed by atoms with Crippen LogP contribution in [0.25, 0.3) is 0 Å². The number of anilines is 1. The molecule has 0 atom stereocenters. The first-order chi connectivity index (χ1) is 8.50. The van der Waals surface area contributed by atoms with E-state index in [0.29, 0.717) is 12.8 Å². The molecular formula is C11H14ClN3O3. The van der Waals surface area contributed by atoms with Crippen LogP contribution in [-0.2, 0) is 0 Å². The number of nitrogens with one attached hydrogen (secondary N) is 1. The van der Waals surface area contributed by atoms with Gasteiger partial charge in [-0.2, -0.15) is 0 Å². The van der Waals surface area contributed by atoms with Crippen LogP contribution in [0.1, 0.15) is 25.7 Å². The third-order valence-corrected chi connectivity index (χ3v) is 3.37. The van der Waals surface area contributed by atoms with Gasteiger partial charge in [-0.3, -0.25) is 10.1 Å². The van der Waals surface area contributed by atoms with E-state index in [-0.39, 0.29) is 23.2 Å². The molecular weight excluding hydrogens is 258 g/mol. The number of hydrogen-bond donors (Lipinski definition) is 2. The van der Waals surface area contributed by atoms with Gasteiger partial charge >= 0.3 is 5.69 Å². The summed E-state index contributed by atoms with van der Waals surface area (Å²) in [6, 6.07) is 2.67. The Bertz CT molecular complexity index is 461. The van der Waals surface area contributed by atoms with Gasteiger partial charge in [-0.15, -0.1) is 0 Å². The van der Waals surface area contributed by atoms with E-state index in [4.69, 9.17) is 11.6 Å². The number of aromatic nitrogens is 1. The topological polar surface area (TPSA) is 88.3 Å². The molecule has 0 bridgehead atoms. The summed E-state index contributed by atoms with van der Waals surface area (Å²) < 4.78 is 0. The van der Waals surface area contributed by atoms with Crippen molar-refractivity contribution in [2.24, 2.45) is 0 Å². The van der Waals surface area contributed by atoms with E-state index in [2.05, 4.69) is 10.3 Å². The summed E-state index contributed by atoms with van der Waals surface area (Å²) in [4.78, 5) is 14.2. The summed E-state index contributed by atoms with van der Waals surface area (Å²) in [5.41, 5.74) is -0.932. The highest BCUT2D eigenvalue weighted by molar-refractivity contribution is 6.29. The Balaban J connectivity index is 2.12. The summed E-state index contributed by atoms with van der Waals surface area (Å²) >= 11 is 5.72. The summed E-state index contributed by atoms with van der Waals surface area (Å²) in [6.45, 7) is 0.251. The number of nitrogens with zero attached hydrogens (tertiary/aromatic N) is 2. The van der Waals surface area contributed by atoms with Crippen LogP contribution in [0.4, 0.5) is 11.5 Å². The molecule has 0 saturated heterocycles. The fourth-order valence-electron chi connectivity index (χ4n) is 2.16. The maximum atomic E-state index is 10.8. The standard InChI is InChI=1S/C11H14ClN3O3/c12-9-4-3-8(15(17)18)10(14-9)13-7-11(16)5-1-2-6-11/h3-4,16H,1-2,5-7H2,(H,13,14). The maximum Gasteiger partial charge on any atom is 0.311 e. The molecule has 2 N–H and O–H groups in total. The molecule has 0 amide bonds. The quantitative estimate of drug-likeness (QED) is 0.498. The van der Waals surface area contributed by atoms with E-state index in [1.807, 2.05) is 0 Å². The van der Waals surface area contributed by atoms with Crippen molar-refractivity contribution in [3.05, 3.63) is 27.4 Å². The smallest absolute Gasteiger partial charge is 0.311 e. The number of rotatable bonds is 4. The summed E-state index contributed by atoms with van der Waals surface area (Å²) in [7, 11) is 0. The van der Waals surface area contributed by atoms with Gasteiger partial charge in [0.1, 0.15) is 5.15 Å². The minimum absolute atomic E-state index is 0.104. The molecule has 18 heavy (non-hydrogen) atoms. The highest BCUT2D eigenvalue weighted by Crippen LogP contribution is 2.31. The molecule has 2 rings (SSSR count). The van der Waals surface area contributed by atoms with E-state index in [0.717, 1.165) is 12.8 Å². The van der Waals surface area contributed by atoms with Crippen molar-refractivity contribution in [2.75, 3.05) is 11.9 Å². The van der Waals surface area contributed by atoms with E-state index in [1.165, 1.54) is 12.1 Å². The van der Waals surface area contributed by atoms with Gasteiger partial charge < -0.3 is 10.4 Å². The van der Waals surface area contributed by atoms with E-state index in [9.17, 15) is 15.2 Å². The normalized spacial score (nSPS) is 17.7. The molecule has 98 valence electrons. The van der Waals surface area contributed by atoms with Gasteiger partial charge in [0.2, 0.25) is 5.82 Å². The molecule has 1 fully saturated rings. The highest BCUT2D eigenvalue weighted by Gasteiger charge is 2.31. The van der Waals surface area contributed by atoms with Crippen molar-refractivity contribution in [1.29, 1.82) is 0 Å². The Labute approximate surface area is 109 Å². The predicted octanol–water partition coefficient (Wildman–Crippen LogP) is 2.36. The third-order valence-electron chi connectivity index (χ3n) is 3.16. The van der Waals surface area contributed by atoms with E-state index < -0.39 is 10.5 Å². The first kappa shape index (κ1) is 13.0. The molecule has 0 radical (unpaired) electrons. The third kappa shape index (κ3) is 2.88. The Morgan fingerprint density at radius 2 is 2.17 bits per heavy atom. The maximum absolute atomic E-state index is 10.8. The number of pyridine rings is 1. The van der Waals surface area contributed by atoms with Crippen molar-refractivity contribution in [3.63, 3.8) is 0 Å². The molecule has 6 nitrogen and oxygen atoms in total. The minimum Gasteiger partial charge on any atom is -0.388 e. The monoisotopic (exact) mass is 271 g/mol. The Hall–Kier alpha value is -1.40. The van der Waals surface area contributed by atoms with Crippen LogP contribution in [0.3, 0.4) is 0 Å².